The summed E-state index contributed by atoms with van der Waals surface area (Å²) in [6.07, 6.45) is 9.76. The standard InChI is InChI=1S/C22H31NO4/c1-4-5-6-7-8-9-10-11-14-23-16-15-17(24)20-18(26-2)12-13-19(27-3)21(20)22(16)25/h12-13H,4-11,14-15H2,1-3H3. The van der Waals surface area contributed by atoms with E-state index in [2.05, 4.69) is 11.9 Å². The van der Waals surface area contributed by atoms with Gasteiger partial charge in [-0.2, -0.15) is 0 Å². The highest BCUT2D eigenvalue weighted by Gasteiger charge is 2.34. The first kappa shape index (κ1) is 21.1. The minimum Gasteiger partial charge on any atom is -0.496 e. The molecule has 0 atom stereocenters. The van der Waals surface area contributed by atoms with Crippen LogP contribution in [0.5, 0.6) is 11.5 Å². The van der Waals surface area contributed by atoms with Gasteiger partial charge in [-0.3, -0.25) is 14.6 Å². The lowest BCUT2D eigenvalue weighted by Crippen LogP contribution is -2.28. The Balaban J connectivity index is 1.96. The van der Waals surface area contributed by atoms with E-state index in [1.807, 2.05) is 0 Å². The number of unbranched alkanes of at least 4 members (excludes halogenated alkanes) is 7. The lowest BCUT2D eigenvalue weighted by atomic mass is 9.86. The number of carbonyl (C=O) groups is 2. The van der Waals surface area contributed by atoms with E-state index in [9.17, 15) is 9.59 Å². The third-order valence-corrected chi connectivity index (χ3v) is 4.98. The van der Waals surface area contributed by atoms with Gasteiger partial charge in [0.2, 0.25) is 5.78 Å². The summed E-state index contributed by atoms with van der Waals surface area (Å²) in [5.74, 6) is 0.435. The van der Waals surface area contributed by atoms with Crippen molar-refractivity contribution in [2.45, 2.75) is 64.7 Å². The van der Waals surface area contributed by atoms with Crippen LogP contribution in [-0.4, -0.2) is 38.0 Å². The maximum Gasteiger partial charge on any atom is 0.211 e. The molecule has 27 heavy (non-hydrogen) atoms. The van der Waals surface area contributed by atoms with Crippen LogP contribution < -0.4 is 9.47 Å². The molecule has 0 aliphatic heterocycles. The normalized spacial score (nSPS) is 15.1. The Morgan fingerprint density at radius 2 is 1.41 bits per heavy atom. The van der Waals surface area contributed by atoms with Gasteiger partial charge in [-0.15, -0.1) is 0 Å². The molecule has 0 fully saturated rings. The van der Waals surface area contributed by atoms with Crippen molar-refractivity contribution in [3.8, 4) is 11.5 Å². The van der Waals surface area contributed by atoms with Crippen molar-refractivity contribution in [3.63, 3.8) is 0 Å². The van der Waals surface area contributed by atoms with Crippen LogP contribution in [0, 0.1) is 0 Å². The number of Topliss-reactive ketones (excluding diaryl/α,β-unsaturated/α-hetero) is 2. The second-order valence-electron chi connectivity index (χ2n) is 6.95. The van der Waals surface area contributed by atoms with Gasteiger partial charge in [-0.1, -0.05) is 51.9 Å². The molecular formula is C22H31NO4. The topological polar surface area (TPSA) is 65.0 Å². The number of rotatable bonds is 11. The fourth-order valence-electron chi connectivity index (χ4n) is 3.46. The van der Waals surface area contributed by atoms with Gasteiger partial charge >= 0.3 is 0 Å². The molecule has 0 unspecified atom stereocenters. The Morgan fingerprint density at radius 1 is 0.852 bits per heavy atom. The molecule has 5 heteroatoms. The Labute approximate surface area is 162 Å². The van der Waals surface area contributed by atoms with Crippen molar-refractivity contribution in [1.82, 2.24) is 0 Å². The molecule has 0 heterocycles. The van der Waals surface area contributed by atoms with Gasteiger partial charge in [0.25, 0.3) is 0 Å². The summed E-state index contributed by atoms with van der Waals surface area (Å²) in [6.45, 7) is 2.81. The summed E-state index contributed by atoms with van der Waals surface area (Å²) < 4.78 is 10.6. The highest BCUT2D eigenvalue weighted by Crippen LogP contribution is 2.35. The van der Waals surface area contributed by atoms with Gasteiger partial charge in [0.1, 0.15) is 11.5 Å². The van der Waals surface area contributed by atoms with Crippen LogP contribution in [0.4, 0.5) is 0 Å². The van der Waals surface area contributed by atoms with Crippen LogP contribution in [0.2, 0.25) is 0 Å². The zero-order chi connectivity index (χ0) is 19.6. The first-order valence-corrected chi connectivity index (χ1v) is 10.00. The number of methoxy groups -OCH3 is 2. The van der Waals surface area contributed by atoms with Gasteiger partial charge in [0.05, 0.1) is 37.5 Å². The maximum atomic E-state index is 12.9. The number of carbonyl (C=O) groups excluding carboxylic acids is 2. The van der Waals surface area contributed by atoms with Gasteiger partial charge in [0, 0.05) is 6.54 Å². The highest BCUT2D eigenvalue weighted by atomic mass is 16.5. The molecule has 0 amide bonds. The summed E-state index contributed by atoms with van der Waals surface area (Å²) in [4.78, 5) is 29.9. The monoisotopic (exact) mass is 373 g/mol. The van der Waals surface area contributed by atoms with E-state index in [1.54, 1.807) is 12.1 Å². The van der Waals surface area contributed by atoms with E-state index in [0.29, 0.717) is 29.3 Å². The molecule has 1 aromatic carbocycles. The molecular weight excluding hydrogens is 342 g/mol. The molecule has 0 spiro atoms. The summed E-state index contributed by atoms with van der Waals surface area (Å²) in [7, 11) is 2.98. The molecule has 5 nitrogen and oxygen atoms in total. The van der Waals surface area contributed by atoms with Crippen molar-refractivity contribution >= 4 is 17.3 Å². The lowest BCUT2D eigenvalue weighted by Gasteiger charge is -2.20. The van der Waals surface area contributed by atoms with Gasteiger partial charge in [0.15, 0.2) is 5.78 Å². The number of benzene rings is 1. The summed E-state index contributed by atoms with van der Waals surface area (Å²) >= 11 is 0. The van der Waals surface area contributed by atoms with Crippen molar-refractivity contribution in [3.05, 3.63) is 23.3 Å². The van der Waals surface area contributed by atoms with Crippen LogP contribution in [0.25, 0.3) is 0 Å². The molecule has 0 radical (unpaired) electrons. The maximum absolute atomic E-state index is 12.9. The number of ketones is 2. The Hall–Kier alpha value is -2.17. The number of ether oxygens (including phenoxy) is 2. The molecule has 1 aromatic rings. The second-order valence-corrected chi connectivity index (χ2v) is 6.95. The van der Waals surface area contributed by atoms with Crippen LogP contribution in [0.3, 0.4) is 0 Å². The average Bonchev–Trinajstić information content (AvgIpc) is 2.69. The molecule has 2 rings (SSSR count). The van der Waals surface area contributed by atoms with Gasteiger partial charge in [-0.05, 0) is 18.6 Å². The van der Waals surface area contributed by atoms with E-state index < -0.39 is 0 Å². The van der Waals surface area contributed by atoms with Crippen molar-refractivity contribution < 1.29 is 19.1 Å². The van der Waals surface area contributed by atoms with Crippen LogP contribution >= 0.6 is 0 Å². The average molecular weight is 373 g/mol. The fraction of sp³-hybridized carbons (Fsp3) is 0.591. The molecule has 1 aliphatic carbocycles. The van der Waals surface area contributed by atoms with E-state index in [0.717, 1.165) is 12.8 Å². The Bertz CT molecular complexity index is 694. The third kappa shape index (κ3) is 5.41. The van der Waals surface area contributed by atoms with Crippen molar-refractivity contribution in [2.24, 2.45) is 4.99 Å². The smallest absolute Gasteiger partial charge is 0.211 e. The van der Waals surface area contributed by atoms with Crippen molar-refractivity contribution in [1.29, 1.82) is 0 Å². The molecule has 0 bridgehead atoms. The fourth-order valence-corrected chi connectivity index (χ4v) is 3.46. The van der Waals surface area contributed by atoms with Crippen LogP contribution in [0.1, 0.15) is 85.4 Å². The predicted molar refractivity (Wildman–Crippen MR) is 108 cm³/mol. The second kappa shape index (κ2) is 10.9. The van der Waals surface area contributed by atoms with Gasteiger partial charge in [-0.25, -0.2) is 0 Å². The first-order valence-electron chi connectivity index (χ1n) is 10.00. The predicted octanol–water partition coefficient (Wildman–Crippen LogP) is 5.05. The largest absolute Gasteiger partial charge is 0.496 e. The number of fused-ring (bicyclic) bond motifs is 1. The van der Waals surface area contributed by atoms with E-state index in [4.69, 9.17) is 9.47 Å². The Morgan fingerprint density at radius 3 is 2.00 bits per heavy atom. The minimum atomic E-state index is -0.222. The first-order chi connectivity index (χ1) is 13.1. The Kier molecular flexibility index (Phi) is 8.49. The molecule has 0 saturated carbocycles. The van der Waals surface area contributed by atoms with E-state index in [-0.39, 0.29) is 23.6 Å². The summed E-state index contributed by atoms with van der Waals surface area (Å²) in [5.41, 5.74) is 0.928. The molecule has 0 saturated heterocycles. The van der Waals surface area contributed by atoms with E-state index in [1.165, 1.54) is 52.7 Å². The lowest BCUT2D eigenvalue weighted by molar-refractivity contribution is 0.0959. The third-order valence-electron chi connectivity index (χ3n) is 4.98. The quantitative estimate of drug-likeness (QED) is 0.509. The minimum absolute atomic E-state index is 0.0341. The summed E-state index contributed by atoms with van der Waals surface area (Å²) in [6, 6.07) is 3.32. The number of hydrogen-bond donors (Lipinski definition) is 0. The number of nitrogens with zero attached hydrogens (tertiary/aromatic N) is 1. The number of hydrogen-bond acceptors (Lipinski definition) is 5. The molecule has 1 aliphatic rings. The van der Waals surface area contributed by atoms with E-state index >= 15 is 0 Å². The van der Waals surface area contributed by atoms with Crippen LogP contribution in [0.15, 0.2) is 17.1 Å². The number of aliphatic imine (C=N–C) groups is 1. The molecule has 148 valence electrons. The molecule has 0 aromatic heterocycles. The molecule has 0 N–H and O–H groups in total. The SMILES string of the molecule is CCCCCCCCCCN=C1CC(=O)c2c(OC)ccc(OC)c2C1=O. The summed E-state index contributed by atoms with van der Waals surface area (Å²) in [5, 5.41) is 0. The zero-order valence-electron chi connectivity index (χ0n) is 16.8. The van der Waals surface area contributed by atoms with Crippen LogP contribution in [-0.2, 0) is 0 Å². The van der Waals surface area contributed by atoms with Gasteiger partial charge < -0.3 is 9.47 Å². The highest BCUT2D eigenvalue weighted by molar-refractivity contribution is 6.53. The van der Waals surface area contributed by atoms with Crippen molar-refractivity contribution in [2.75, 3.05) is 20.8 Å². The zero-order valence-corrected chi connectivity index (χ0v) is 16.8.